The Hall–Kier alpha value is -1.14. The number of hydrogen-bond donors (Lipinski definition) is 2. The van der Waals surface area contributed by atoms with Gasteiger partial charge in [0.1, 0.15) is 5.82 Å². The quantitative estimate of drug-likeness (QED) is 0.835. The van der Waals surface area contributed by atoms with Gasteiger partial charge >= 0.3 is 0 Å². The predicted octanol–water partition coefficient (Wildman–Crippen LogP) is 0.818. The lowest BCUT2D eigenvalue weighted by atomic mass is 9.94. The van der Waals surface area contributed by atoms with Crippen LogP contribution >= 0.6 is 0 Å². The number of piperidine rings is 1. The van der Waals surface area contributed by atoms with E-state index in [0.717, 1.165) is 50.4 Å². The number of anilines is 1. The minimum Gasteiger partial charge on any atom is -0.384 e. The maximum atomic E-state index is 5.17. The van der Waals surface area contributed by atoms with Gasteiger partial charge in [-0.1, -0.05) is 6.92 Å². The minimum absolute atomic E-state index is 0.462. The Morgan fingerprint density at radius 1 is 1.45 bits per heavy atom. The molecule has 1 aromatic heterocycles. The summed E-state index contributed by atoms with van der Waals surface area (Å²) in [5.74, 6) is 3.05. The summed E-state index contributed by atoms with van der Waals surface area (Å²) >= 11 is 0. The first-order chi connectivity index (χ1) is 9.76. The molecule has 6 heteroatoms. The summed E-state index contributed by atoms with van der Waals surface area (Å²) in [5.41, 5.74) is 0. The van der Waals surface area contributed by atoms with Crippen LogP contribution in [0.3, 0.4) is 0 Å². The van der Waals surface area contributed by atoms with Crippen molar-refractivity contribution in [3.8, 4) is 0 Å². The van der Waals surface area contributed by atoms with Crippen LogP contribution in [0.1, 0.15) is 25.6 Å². The average molecular weight is 279 g/mol. The van der Waals surface area contributed by atoms with E-state index in [1.807, 2.05) is 0 Å². The lowest BCUT2D eigenvalue weighted by Crippen LogP contribution is -2.40. The van der Waals surface area contributed by atoms with Crippen molar-refractivity contribution in [1.82, 2.24) is 20.5 Å². The minimum atomic E-state index is 0.462. The number of ether oxygens (including phenoxy) is 1. The Kier molecular flexibility index (Phi) is 4.21. The number of aromatic nitrogens is 3. The van der Waals surface area contributed by atoms with Crippen molar-refractivity contribution >= 4 is 5.95 Å². The number of nitrogens with zero attached hydrogens (tertiary/aromatic N) is 3. The molecule has 0 radical (unpaired) electrons. The van der Waals surface area contributed by atoms with Gasteiger partial charge in [-0.15, -0.1) is 5.10 Å². The van der Waals surface area contributed by atoms with Gasteiger partial charge in [0.15, 0.2) is 0 Å². The van der Waals surface area contributed by atoms with Gasteiger partial charge in [-0.3, -0.25) is 5.10 Å². The highest BCUT2D eigenvalue weighted by Crippen LogP contribution is 2.27. The molecule has 1 aromatic rings. The molecule has 20 heavy (non-hydrogen) atoms. The number of rotatable bonds is 5. The van der Waals surface area contributed by atoms with E-state index in [2.05, 4.69) is 32.3 Å². The van der Waals surface area contributed by atoms with E-state index in [4.69, 9.17) is 4.74 Å². The normalized spacial score (nSPS) is 27.6. The summed E-state index contributed by atoms with van der Waals surface area (Å²) in [6.07, 6.45) is 3.51. The number of aromatic amines is 1. The van der Waals surface area contributed by atoms with Gasteiger partial charge in [0.05, 0.1) is 0 Å². The third-order valence-electron chi connectivity index (χ3n) is 4.39. The molecular formula is C14H25N5O. The van der Waals surface area contributed by atoms with Crippen molar-refractivity contribution < 1.29 is 4.74 Å². The van der Waals surface area contributed by atoms with Gasteiger partial charge in [-0.25, -0.2) is 0 Å². The van der Waals surface area contributed by atoms with Crippen LogP contribution in [-0.4, -0.2) is 54.6 Å². The summed E-state index contributed by atoms with van der Waals surface area (Å²) in [6, 6.07) is 0.623. The van der Waals surface area contributed by atoms with Crippen LogP contribution in [0.25, 0.3) is 0 Å². The van der Waals surface area contributed by atoms with E-state index in [1.165, 1.54) is 12.8 Å². The predicted molar refractivity (Wildman–Crippen MR) is 77.9 cm³/mol. The number of nitrogens with one attached hydrogen (secondary N) is 2. The van der Waals surface area contributed by atoms with Crippen molar-refractivity contribution in [3.05, 3.63) is 5.82 Å². The van der Waals surface area contributed by atoms with Gasteiger partial charge in [-0.05, 0) is 31.2 Å². The molecule has 3 unspecified atom stereocenters. The average Bonchev–Trinajstić information content (AvgIpc) is 3.04. The molecule has 0 spiro atoms. The van der Waals surface area contributed by atoms with Crippen LogP contribution in [0.4, 0.5) is 5.95 Å². The molecule has 2 fully saturated rings. The van der Waals surface area contributed by atoms with Crippen molar-refractivity contribution in [3.63, 3.8) is 0 Å². The Morgan fingerprint density at radius 3 is 3.15 bits per heavy atom. The SMILES string of the molecule is COCC(C)Cc1nc(N2CC3CCCNC3C2)n[nH]1. The summed E-state index contributed by atoms with van der Waals surface area (Å²) in [6.45, 7) is 6.20. The molecule has 3 atom stereocenters. The van der Waals surface area contributed by atoms with Crippen LogP contribution in [0.15, 0.2) is 0 Å². The smallest absolute Gasteiger partial charge is 0.244 e. The largest absolute Gasteiger partial charge is 0.384 e. The zero-order chi connectivity index (χ0) is 13.9. The topological polar surface area (TPSA) is 66.1 Å². The highest BCUT2D eigenvalue weighted by molar-refractivity contribution is 5.32. The van der Waals surface area contributed by atoms with Crippen LogP contribution in [0.2, 0.25) is 0 Å². The molecule has 2 N–H and O–H groups in total. The standard InChI is InChI=1S/C14H25N5O/c1-10(9-20-2)6-13-16-14(18-17-13)19-7-11-4-3-5-15-12(11)8-19/h10-12,15H,3-9H2,1-2H3,(H,16,17,18). The lowest BCUT2D eigenvalue weighted by Gasteiger charge is -2.24. The van der Waals surface area contributed by atoms with Crippen molar-refractivity contribution in [2.75, 3.05) is 38.3 Å². The molecule has 0 bridgehead atoms. The molecule has 2 aliphatic heterocycles. The fraction of sp³-hybridized carbons (Fsp3) is 0.857. The molecule has 2 saturated heterocycles. The highest BCUT2D eigenvalue weighted by Gasteiger charge is 2.35. The van der Waals surface area contributed by atoms with Gasteiger partial charge in [0, 0.05) is 39.3 Å². The third kappa shape index (κ3) is 2.96. The number of H-pyrrole nitrogens is 1. The summed E-state index contributed by atoms with van der Waals surface area (Å²) in [5, 5.41) is 11.1. The van der Waals surface area contributed by atoms with E-state index in [9.17, 15) is 0 Å². The first-order valence-corrected chi connectivity index (χ1v) is 7.65. The molecule has 0 amide bonds. The van der Waals surface area contributed by atoms with Gasteiger partial charge in [0.25, 0.3) is 0 Å². The summed E-state index contributed by atoms with van der Waals surface area (Å²) < 4.78 is 5.17. The molecular weight excluding hydrogens is 254 g/mol. The fourth-order valence-corrected chi connectivity index (χ4v) is 3.40. The fourth-order valence-electron chi connectivity index (χ4n) is 3.40. The second-order valence-corrected chi connectivity index (χ2v) is 6.21. The van der Waals surface area contributed by atoms with E-state index in [-0.39, 0.29) is 0 Å². The molecule has 0 saturated carbocycles. The third-order valence-corrected chi connectivity index (χ3v) is 4.39. The van der Waals surface area contributed by atoms with Gasteiger partial charge in [0.2, 0.25) is 5.95 Å². The lowest BCUT2D eigenvalue weighted by molar-refractivity contribution is 0.159. The second kappa shape index (κ2) is 6.10. The summed E-state index contributed by atoms with van der Waals surface area (Å²) in [4.78, 5) is 6.96. The molecule has 0 aliphatic carbocycles. The van der Waals surface area contributed by atoms with Crippen LogP contribution in [-0.2, 0) is 11.2 Å². The van der Waals surface area contributed by atoms with Crippen LogP contribution in [0.5, 0.6) is 0 Å². The molecule has 2 aliphatic rings. The van der Waals surface area contributed by atoms with Crippen molar-refractivity contribution in [2.24, 2.45) is 11.8 Å². The first-order valence-electron chi connectivity index (χ1n) is 7.65. The number of methoxy groups -OCH3 is 1. The molecule has 3 rings (SSSR count). The monoisotopic (exact) mass is 279 g/mol. The number of hydrogen-bond acceptors (Lipinski definition) is 5. The maximum absolute atomic E-state index is 5.17. The Morgan fingerprint density at radius 2 is 2.35 bits per heavy atom. The highest BCUT2D eigenvalue weighted by atomic mass is 16.5. The molecule has 112 valence electrons. The Bertz CT molecular complexity index is 421. The molecule has 3 heterocycles. The van der Waals surface area contributed by atoms with Gasteiger partial charge in [-0.2, -0.15) is 4.98 Å². The van der Waals surface area contributed by atoms with E-state index < -0.39 is 0 Å². The van der Waals surface area contributed by atoms with E-state index >= 15 is 0 Å². The van der Waals surface area contributed by atoms with E-state index in [1.54, 1.807) is 7.11 Å². The molecule has 6 nitrogen and oxygen atoms in total. The van der Waals surface area contributed by atoms with Crippen LogP contribution < -0.4 is 10.2 Å². The first kappa shape index (κ1) is 13.8. The Balaban J connectivity index is 1.59. The zero-order valence-corrected chi connectivity index (χ0v) is 12.4. The number of fused-ring (bicyclic) bond motifs is 1. The Labute approximate surface area is 120 Å². The van der Waals surface area contributed by atoms with E-state index in [0.29, 0.717) is 12.0 Å². The second-order valence-electron chi connectivity index (χ2n) is 6.21. The maximum Gasteiger partial charge on any atom is 0.244 e. The van der Waals surface area contributed by atoms with Crippen molar-refractivity contribution in [2.45, 2.75) is 32.2 Å². The zero-order valence-electron chi connectivity index (χ0n) is 12.4. The van der Waals surface area contributed by atoms with Crippen molar-refractivity contribution in [1.29, 1.82) is 0 Å². The summed E-state index contributed by atoms with van der Waals surface area (Å²) in [7, 11) is 1.74. The van der Waals surface area contributed by atoms with Gasteiger partial charge < -0.3 is 15.0 Å². The molecule has 0 aromatic carbocycles. The van der Waals surface area contributed by atoms with Crippen LogP contribution in [0, 0.1) is 11.8 Å².